The molecule has 0 saturated carbocycles. The fourth-order valence-electron chi connectivity index (χ4n) is 2.43. The zero-order chi connectivity index (χ0) is 20.7. The summed E-state index contributed by atoms with van der Waals surface area (Å²) in [5.41, 5.74) is 1.34. The number of hydrogen-bond donors (Lipinski definition) is 2. The second kappa shape index (κ2) is 9.43. The first kappa shape index (κ1) is 21.5. The smallest absolute Gasteiger partial charge is 0.243 e. The Hall–Kier alpha value is -2.78. The van der Waals surface area contributed by atoms with Gasteiger partial charge in [-0.15, -0.1) is 0 Å². The van der Waals surface area contributed by atoms with E-state index in [-0.39, 0.29) is 23.2 Å². The van der Waals surface area contributed by atoms with Crippen LogP contribution in [0.3, 0.4) is 0 Å². The molecule has 7 nitrogen and oxygen atoms in total. The third kappa shape index (κ3) is 6.14. The second-order valence-electron chi connectivity index (χ2n) is 6.19. The number of hydrogen-bond acceptors (Lipinski definition) is 4. The van der Waals surface area contributed by atoms with Crippen molar-refractivity contribution in [2.45, 2.75) is 18.2 Å². The van der Waals surface area contributed by atoms with Gasteiger partial charge in [0.25, 0.3) is 0 Å². The van der Waals surface area contributed by atoms with Crippen molar-refractivity contribution >= 4 is 27.5 Å². The minimum atomic E-state index is -3.84. The van der Waals surface area contributed by atoms with E-state index in [2.05, 4.69) is 10.6 Å². The summed E-state index contributed by atoms with van der Waals surface area (Å²) in [6.45, 7) is 1.33. The van der Waals surface area contributed by atoms with E-state index in [9.17, 15) is 22.4 Å². The molecule has 0 aliphatic heterocycles. The van der Waals surface area contributed by atoms with E-state index in [1.54, 1.807) is 12.1 Å². The van der Waals surface area contributed by atoms with Crippen LogP contribution in [0.15, 0.2) is 53.4 Å². The molecule has 0 spiro atoms. The lowest BCUT2D eigenvalue weighted by Crippen LogP contribution is -2.39. The molecular weight excluding hydrogens is 385 g/mol. The van der Waals surface area contributed by atoms with Gasteiger partial charge >= 0.3 is 0 Å². The molecule has 0 fully saturated rings. The number of nitrogens with zero attached hydrogens (tertiary/aromatic N) is 1. The number of likely N-dealkylation sites (N-methyl/N-ethyl adjacent to an activating group) is 1. The summed E-state index contributed by atoms with van der Waals surface area (Å²) in [6, 6.07) is 11.6. The van der Waals surface area contributed by atoms with Crippen LogP contribution in [0.25, 0.3) is 0 Å². The summed E-state index contributed by atoms with van der Waals surface area (Å²) in [5.74, 6) is -1.03. The maximum atomic E-state index is 12.9. The molecule has 0 saturated heterocycles. The van der Waals surface area contributed by atoms with Crippen molar-refractivity contribution in [3.63, 3.8) is 0 Å². The van der Waals surface area contributed by atoms with Gasteiger partial charge in [0.1, 0.15) is 5.82 Å². The largest absolute Gasteiger partial charge is 0.355 e. The molecule has 0 unspecified atom stereocenters. The number of amides is 2. The molecule has 28 heavy (non-hydrogen) atoms. The van der Waals surface area contributed by atoms with Crippen LogP contribution < -0.4 is 10.6 Å². The van der Waals surface area contributed by atoms with Gasteiger partial charge in [-0.05, 0) is 48.4 Å². The highest BCUT2D eigenvalue weighted by Gasteiger charge is 2.22. The lowest BCUT2D eigenvalue weighted by molar-refractivity contribution is -0.121. The first-order valence-corrected chi connectivity index (χ1v) is 9.97. The van der Waals surface area contributed by atoms with Crippen LogP contribution in [-0.4, -0.2) is 44.7 Å². The molecule has 2 aromatic carbocycles. The van der Waals surface area contributed by atoms with Crippen LogP contribution in [0, 0.1) is 5.82 Å². The van der Waals surface area contributed by atoms with Gasteiger partial charge in [0.15, 0.2) is 0 Å². The van der Waals surface area contributed by atoms with Gasteiger partial charge in [0.2, 0.25) is 21.8 Å². The molecule has 2 aromatic rings. The molecule has 150 valence electrons. The summed E-state index contributed by atoms with van der Waals surface area (Å²) in [5, 5.41) is 5.20. The zero-order valence-electron chi connectivity index (χ0n) is 15.6. The minimum absolute atomic E-state index is 0.0169. The Morgan fingerprint density at radius 2 is 1.64 bits per heavy atom. The number of sulfonamides is 1. The SMILES string of the molecule is CC(=O)Nc1ccc(S(=O)(=O)N(C)CC(=O)NCCc2ccc(F)cc2)cc1. The molecule has 0 aliphatic rings. The number of rotatable bonds is 8. The molecule has 2 amide bonds. The fourth-order valence-corrected chi connectivity index (χ4v) is 3.56. The van der Waals surface area contributed by atoms with Gasteiger partial charge in [-0.1, -0.05) is 12.1 Å². The van der Waals surface area contributed by atoms with E-state index in [0.29, 0.717) is 18.7 Å². The standard InChI is InChI=1S/C19H22FN3O4S/c1-14(24)22-17-7-9-18(10-8-17)28(26,27)23(2)13-19(25)21-12-11-15-3-5-16(20)6-4-15/h3-10H,11-13H2,1-2H3,(H,21,25)(H,22,24). The van der Waals surface area contributed by atoms with E-state index in [4.69, 9.17) is 0 Å². The van der Waals surface area contributed by atoms with E-state index in [0.717, 1.165) is 9.87 Å². The Kier molecular flexibility index (Phi) is 7.24. The minimum Gasteiger partial charge on any atom is -0.355 e. The Morgan fingerprint density at radius 1 is 1.04 bits per heavy atom. The van der Waals surface area contributed by atoms with E-state index in [1.165, 1.54) is 50.4 Å². The predicted molar refractivity (Wildman–Crippen MR) is 104 cm³/mol. The predicted octanol–water partition coefficient (Wildman–Crippen LogP) is 1.76. The Labute approximate surface area is 163 Å². The van der Waals surface area contributed by atoms with Crippen molar-refractivity contribution in [2.24, 2.45) is 0 Å². The molecule has 0 heterocycles. The number of nitrogens with one attached hydrogen (secondary N) is 2. The molecule has 0 atom stereocenters. The summed E-state index contributed by atoms with van der Waals surface area (Å²) in [6.07, 6.45) is 0.507. The molecule has 9 heteroatoms. The van der Waals surface area contributed by atoms with Crippen LogP contribution >= 0.6 is 0 Å². The maximum absolute atomic E-state index is 12.9. The van der Waals surface area contributed by atoms with Crippen LogP contribution in [0.1, 0.15) is 12.5 Å². The van der Waals surface area contributed by atoms with Crippen LogP contribution in [-0.2, 0) is 26.0 Å². The molecular formula is C19H22FN3O4S. The van der Waals surface area contributed by atoms with Crippen molar-refractivity contribution in [1.29, 1.82) is 0 Å². The van der Waals surface area contributed by atoms with Gasteiger partial charge in [-0.3, -0.25) is 9.59 Å². The molecule has 0 aliphatic carbocycles. The Balaban J connectivity index is 1.89. The first-order valence-electron chi connectivity index (χ1n) is 8.53. The average Bonchev–Trinajstić information content (AvgIpc) is 2.63. The number of anilines is 1. The molecule has 2 rings (SSSR count). The molecule has 0 aromatic heterocycles. The van der Waals surface area contributed by atoms with Gasteiger partial charge in [-0.25, -0.2) is 12.8 Å². The quantitative estimate of drug-likeness (QED) is 0.697. The lowest BCUT2D eigenvalue weighted by atomic mass is 10.1. The average molecular weight is 407 g/mol. The summed E-state index contributed by atoms with van der Waals surface area (Å²) >= 11 is 0. The fraction of sp³-hybridized carbons (Fsp3) is 0.263. The van der Waals surface area contributed by atoms with Crippen LogP contribution in [0.5, 0.6) is 0 Å². The van der Waals surface area contributed by atoms with Crippen molar-refractivity contribution in [1.82, 2.24) is 9.62 Å². The molecule has 0 radical (unpaired) electrons. The summed E-state index contributed by atoms with van der Waals surface area (Å²) in [7, 11) is -2.53. The third-order valence-electron chi connectivity index (χ3n) is 3.90. The van der Waals surface area contributed by atoms with Crippen molar-refractivity contribution in [2.75, 3.05) is 25.5 Å². The summed E-state index contributed by atoms with van der Waals surface area (Å²) in [4.78, 5) is 23.1. The first-order chi connectivity index (χ1) is 13.2. The zero-order valence-corrected chi connectivity index (χ0v) is 16.4. The highest BCUT2D eigenvalue weighted by atomic mass is 32.2. The third-order valence-corrected chi connectivity index (χ3v) is 5.72. The highest BCUT2D eigenvalue weighted by molar-refractivity contribution is 7.89. The second-order valence-corrected chi connectivity index (χ2v) is 8.24. The summed E-state index contributed by atoms with van der Waals surface area (Å²) < 4.78 is 38.9. The van der Waals surface area contributed by atoms with Gasteiger partial charge in [0, 0.05) is 26.2 Å². The van der Waals surface area contributed by atoms with Crippen LogP contribution in [0.4, 0.5) is 10.1 Å². The van der Waals surface area contributed by atoms with Gasteiger partial charge in [-0.2, -0.15) is 4.31 Å². The van der Waals surface area contributed by atoms with E-state index in [1.807, 2.05) is 0 Å². The van der Waals surface area contributed by atoms with Crippen molar-refractivity contribution in [3.05, 3.63) is 59.9 Å². The monoisotopic (exact) mass is 407 g/mol. The van der Waals surface area contributed by atoms with E-state index >= 15 is 0 Å². The number of halogens is 1. The van der Waals surface area contributed by atoms with Gasteiger partial charge < -0.3 is 10.6 Å². The number of carbonyl (C=O) groups is 2. The number of carbonyl (C=O) groups excluding carboxylic acids is 2. The van der Waals surface area contributed by atoms with Crippen molar-refractivity contribution < 1.29 is 22.4 Å². The van der Waals surface area contributed by atoms with E-state index < -0.39 is 15.9 Å². The molecule has 0 bridgehead atoms. The Bertz CT molecular complexity index is 929. The highest BCUT2D eigenvalue weighted by Crippen LogP contribution is 2.17. The normalized spacial score (nSPS) is 11.3. The van der Waals surface area contributed by atoms with Gasteiger partial charge in [0.05, 0.1) is 11.4 Å². The lowest BCUT2D eigenvalue weighted by Gasteiger charge is -2.17. The molecule has 2 N–H and O–H groups in total. The topological polar surface area (TPSA) is 95.6 Å². The van der Waals surface area contributed by atoms with Crippen molar-refractivity contribution in [3.8, 4) is 0 Å². The van der Waals surface area contributed by atoms with Crippen LogP contribution in [0.2, 0.25) is 0 Å². The number of benzene rings is 2. The Morgan fingerprint density at radius 3 is 2.21 bits per heavy atom. The maximum Gasteiger partial charge on any atom is 0.243 e.